The van der Waals surface area contributed by atoms with Crippen LogP contribution in [0.15, 0.2) is 30.3 Å². The van der Waals surface area contributed by atoms with E-state index in [9.17, 15) is 4.79 Å². The second kappa shape index (κ2) is 11.6. The number of para-hydroxylation sites is 1. The van der Waals surface area contributed by atoms with Crippen molar-refractivity contribution >= 4 is 36.7 Å². The summed E-state index contributed by atoms with van der Waals surface area (Å²) in [5.74, 6) is 0.352. The zero-order chi connectivity index (χ0) is 15.8. The summed E-state index contributed by atoms with van der Waals surface area (Å²) in [6.07, 6.45) is 1.38. The fourth-order valence-electron chi connectivity index (χ4n) is 1.97. The summed E-state index contributed by atoms with van der Waals surface area (Å²) in [4.78, 5) is 12.1. The van der Waals surface area contributed by atoms with Crippen LogP contribution in [0.25, 0.3) is 5.69 Å². The van der Waals surface area contributed by atoms with Gasteiger partial charge in [0.05, 0.1) is 5.69 Å². The Bertz CT molecular complexity index is 594. The summed E-state index contributed by atoms with van der Waals surface area (Å²) in [6.45, 7) is 3.05. The number of hydrogen-bond acceptors (Lipinski definition) is 6. The Morgan fingerprint density at radius 3 is 2.62 bits per heavy atom. The molecule has 1 unspecified atom stereocenters. The van der Waals surface area contributed by atoms with Gasteiger partial charge >= 0.3 is 0 Å². The second-order valence-corrected chi connectivity index (χ2v) is 4.79. The highest BCUT2D eigenvalue weighted by molar-refractivity contribution is 5.85. The maximum absolute atomic E-state index is 12.1. The van der Waals surface area contributed by atoms with E-state index in [1.54, 1.807) is 4.68 Å². The number of anilines is 1. The number of amides is 1. The van der Waals surface area contributed by atoms with Crippen LogP contribution in [0.3, 0.4) is 0 Å². The summed E-state index contributed by atoms with van der Waals surface area (Å²) in [5.41, 5.74) is 6.25. The highest BCUT2D eigenvalue weighted by atomic mass is 35.5. The molecule has 0 aliphatic rings. The van der Waals surface area contributed by atoms with Gasteiger partial charge in [-0.2, -0.15) is 4.68 Å². The number of carbonyl (C=O) groups is 1. The van der Waals surface area contributed by atoms with Crippen LogP contribution in [0.1, 0.15) is 19.8 Å². The molecule has 1 heterocycles. The monoisotopic (exact) mass is 375 g/mol. The van der Waals surface area contributed by atoms with Gasteiger partial charge in [-0.15, -0.1) is 24.8 Å². The molecule has 1 amide bonds. The molecule has 2 aromatic rings. The molecule has 0 saturated carbocycles. The highest BCUT2D eigenvalue weighted by Gasteiger charge is 2.19. The Hall–Kier alpha value is -1.90. The number of carbonyl (C=O) groups excluding carboxylic acids is 1. The lowest BCUT2D eigenvalue weighted by Gasteiger charge is -2.17. The second-order valence-electron chi connectivity index (χ2n) is 4.79. The average molecular weight is 376 g/mol. The van der Waals surface area contributed by atoms with E-state index >= 15 is 0 Å². The van der Waals surface area contributed by atoms with Gasteiger partial charge in [0.25, 0.3) is 0 Å². The molecular weight excluding hydrogens is 353 g/mol. The van der Waals surface area contributed by atoms with E-state index in [-0.39, 0.29) is 30.7 Å². The number of rotatable bonds is 8. The van der Waals surface area contributed by atoms with E-state index in [1.165, 1.54) is 0 Å². The fraction of sp³-hybridized carbons (Fsp3) is 0.429. The molecule has 0 aliphatic carbocycles. The third-order valence-corrected chi connectivity index (χ3v) is 3.18. The Kier molecular flexibility index (Phi) is 10.7. The van der Waals surface area contributed by atoms with Crippen molar-refractivity contribution in [3.05, 3.63) is 30.3 Å². The number of nitrogens with one attached hydrogen (secondary N) is 2. The van der Waals surface area contributed by atoms with Crippen molar-refractivity contribution in [1.29, 1.82) is 0 Å². The number of nitrogens with zero attached hydrogens (tertiary/aromatic N) is 4. The van der Waals surface area contributed by atoms with Crippen molar-refractivity contribution in [3.63, 3.8) is 0 Å². The van der Waals surface area contributed by atoms with Crippen molar-refractivity contribution in [3.8, 4) is 5.69 Å². The Morgan fingerprint density at radius 2 is 2.00 bits per heavy atom. The van der Waals surface area contributed by atoms with Crippen LogP contribution in [0.4, 0.5) is 5.95 Å². The summed E-state index contributed by atoms with van der Waals surface area (Å²) in [6, 6.07) is 9.11. The molecule has 10 heteroatoms. The lowest BCUT2D eigenvalue weighted by atomic mass is 10.2. The molecule has 2 rings (SSSR count). The van der Waals surface area contributed by atoms with Crippen LogP contribution in [-0.4, -0.2) is 45.2 Å². The van der Waals surface area contributed by atoms with Crippen LogP contribution in [0.5, 0.6) is 0 Å². The van der Waals surface area contributed by atoms with Crippen LogP contribution >= 0.6 is 24.8 Å². The lowest BCUT2D eigenvalue weighted by molar-refractivity contribution is -0.121. The molecule has 0 saturated heterocycles. The number of nitrogens with two attached hydrogens (primary N) is 1. The van der Waals surface area contributed by atoms with Gasteiger partial charge < -0.3 is 16.4 Å². The SMILES string of the molecule is CCC(Nc1nnnn1-c1ccccc1)C(=O)NCCCN.Cl.Cl. The van der Waals surface area contributed by atoms with Crippen LogP contribution in [0.2, 0.25) is 0 Å². The van der Waals surface area contributed by atoms with Gasteiger partial charge in [0, 0.05) is 6.54 Å². The highest BCUT2D eigenvalue weighted by Crippen LogP contribution is 2.12. The molecule has 134 valence electrons. The van der Waals surface area contributed by atoms with Gasteiger partial charge in [-0.05, 0) is 41.9 Å². The van der Waals surface area contributed by atoms with Gasteiger partial charge in [-0.25, -0.2) is 0 Å². The van der Waals surface area contributed by atoms with Crippen LogP contribution < -0.4 is 16.4 Å². The standard InChI is InChI=1S/C14H21N7O.2ClH/c1-2-12(13(22)16-10-6-9-15)17-14-18-19-20-21(14)11-7-4-3-5-8-11;;/h3-5,7-8,12H,2,6,9-10,15H2,1H3,(H,16,22)(H,17,18,20);2*1H. The zero-order valence-corrected chi connectivity index (χ0v) is 15.0. The van der Waals surface area contributed by atoms with Crippen LogP contribution in [-0.2, 0) is 4.79 Å². The molecule has 0 spiro atoms. The third kappa shape index (κ3) is 5.95. The minimum absolute atomic E-state index is 0. The van der Waals surface area contributed by atoms with Gasteiger partial charge in [0.15, 0.2) is 0 Å². The van der Waals surface area contributed by atoms with Crippen molar-refractivity contribution in [2.45, 2.75) is 25.8 Å². The van der Waals surface area contributed by atoms with E-state index in [2.05, 4.69) is 26.2 Å². The molecular formula is C14H23Cl2N7O. The first-order valence-corrected chi connectivity index (χ1v) is 7.34. The number of tetrazole rings is 1. The number of aromatic nitrogens is 4. The molecule has 24 heavy (non-hydrogen) atoms. The largest absolute Gasteiger partial charge is 0.354 e. The van der Waals surface area contributed by atoms with E-state index in [1.807, 2.05) is 37.3 Å². The maximum Gasteiger partial charge on any atom is 0.248 e. The topological polar surface area (TPSA) is 111 Å². The quantitative estimate of drug-likeness (QED) is 0.597. The third-order valence-electron chi connectivity index (χ3n) is 3.18. The van der Waals surface area contributed by atoms with Gasteiger partial charge in [-0.3, -0.25) is 4.79 Å². The Morgan fingerprint density at radius 1 is 1.29 bits per heavy atom. The zero-order valence-electron chi connectivity index (χ0n) is 13.4. The molecule has 8 nitrogen and oxygen atoms in total. The molecule has 0 aliphatic heterocycles. The van der Waals surface area contributed by atoms with Crippen molar-refractivity contribution in [1.82, 2.24) is 25.5 Å². The van der Waals surface area contributed by atoms with Crippen LogP contribution in [0, 0.1) is 0 Å². The predicted octanol–water partition coefficient (Wildman–Crippen LogP) is 1.16. The molecule has 1 aromatic heterocycles. The van der Waals surface area contributed by atoms with E-state index in [4.69, 9.17) is 5.73 Å². The Labute approximate surface area is 153 Å². The molecule has 0 radical (unpaired) electrons. The summed E-state index contributed by atoms with van der Waals surface area (Å²) >= 11 is 0. The van der Waals surface area contributed by atoms with Crippen molar-refractivity contribution in [2.75, 3.05) is 18.4 Å². The number of hydrogen-bond donors (Lipinski definition) is 3. The van der Waals surface area contributed by atoms with E-state index in [0.717, 1.165) is 12.1 Å². The first-order chi connectivity index (χ1) is 10.8. The number of benzene rings is 1. The minimum atomic E-state index is -0.397. The first-order valence-electron chi connectivity index (χ1n) is 7.34. The number of halogens is 2. The van der Waals surface area contributed by atoms with Gasteiger partial charge in [0.1, 0.15) is 6.04 Å². The Balaban J connectivity index is 0.00000264. The van der Waals surface area contributed by atoms with Crippen molar-refractivity contribution in [2.24, 2.45) is 5.73 Å². The van der Waals surface area contributed by atoms with Crippen molar-refractivity contribution < 1.29 is 4.79 Å². The van der Waals surface area contributed by atoms with E-state index < -0.39 is 6.04 Å². The molecule has 1 aromatic carbocycles. The molecule has 1 atom stereocenters. The first kappa shape index (κ1) is 22.1. The normalized spacial score (nSPS) is 10.9. The smallest absolute Gasteiger partial charge is 0.248 e. The molecule has 4 N–H and O–H groups in total. The van der Waals surface area contributed by atoms with E-state index in [0.29, 0.717) is 25.5 Å². The maximum atomic E-state index is 12.1. The predicted molar refractivity (Wildman–Crippen MR) is 98.0 cm³/mol. The fourth-order valence-corrected chi connectivity index (χ4v) is 1.97. The van der Waals surface area contributed by atoms with Gasteiger partial charge in [-0.1, -0.05) is 30.2 Å². The molecule has 0 fully saturated rings. The van der Waals surface area contributed by atoms with Gasteiger partial charge in [0.2, 0.25) is 11.9 Å². The summed E-state index contributed by atoms with van der Waals surface area (Å²) in [5, 5.41) is 17.5. The average Bonchev–Trinajstić information content (AvgIpc) is 3.01. The molecule has 0 bridgehead atoms. The summed E-state index contributed by atoms with van der Waals surface area (Å²) in [7, 11) is 0. The summed E-state index contributed by atoms with van der Waals surface area (Å²) < 4.78 is 1.57. The lowest BCUT2D eigenvalue weighted by Crippen LogP contribution is -2.40. The minimum Gasteiger partial charge on any atom is -0.354 e.